The van der Waals surface area contributed by atoms with E-state index in [0.29, 0.717) is 23.4 Å². The third-order valence-corrected chi connectivity index (χ3v) is 4.81. The standard InChI is InChI=1S/C21H18N4O4/c26-19-5-6-20(27)25(19)18-12-16(7-9-22-18)29-15-3-4-17-13(11-15)8-10-24(17)21(28)23-14-1-2-14/h3-12,14,26-27H,1-2H2,(H,23,28). The summed E-state index contributed by atoms with van der Waals surface area (Å²) in [5.41, 5.74) is 0.799. The molecule has 4 aromatic rings. The van der Waals surface area contributed by atoms with E-state index in [1.165, 1.54) is 22.9 Å². The fraction of sp³-hybridized carbons (Fsp3) is 0.143. The molecule has 0 radical (unpaired) electrons. The van der Waals surface area contributed by atoms with E-state index in [0.717, 1.165) is 23.7 Å². The Bertz CT molecular complexity index is 1200. The summed E-state index contributed by atoms with van der Waals surface area (Å²) in [6.07, 6.45) is 5.35. The van der Waals surface area contributed by atoms with Crippen molar-refractivity contribution in [2.24, 2.45) is 0 Å². The highest BCUT2D eigenvalue weighted by Gasteiger charge is 2.24. The molecule has 1 saturated carbocycles. The zero-order chi connectivity index (χ0) is 20.0. The van der Waals surface area contributed by atoms with Crippen LogP contribution in [0.15, 0.2) is 60.9 Å². The van der Waals surface area contributed by atoms with Crippen molar-refractivity contribution in [2.75, 3.05) is 0 Å². The number of fused-ring (bicyclic) bond motifs is 1. The van der Waals surface area contributed by atoms with E-state index in [9.17, 15) is 15.0 Å². The third-order valence-electron chi connectivity index (χ3n) is 4.81. The average Bonchev–Trinajstić information content (AvgIpc) is 3.31. The zero-order valence-electron chi connectivity index (χ0n) is 15.3. The Hall–Kier alpha value is -3.94. The number of ether oxygens (including phenoxy) is 1. The first-order valence-corrected chi connectivity index (χ1v) is 9.24. The number of nitrogens with one attached hydrogen (secondary N) is 1. The number of hydrogen-bond donors (Lipinski definition) is 3. The van der Waals surface area contributed by atoms with Crippen molar-refractivity contribution in [3.63, 3.8) is 0 Å². The van der Waals surface area contributed by atoms with E-state index >= 15 is 0 Å². The quantitative estimate of drug-likeness (QED) is 0.493. The number of carbonyl (C=O) groups excluding carboxylic acids is 1. The maximum absolute atomic E-state index is 12.3. The number of amides is 1. The zero-order valence-corrected chi connectivity index (χ0v) is 15.3. The number of aromatic hydroxyl groups is 2. The Kier molecular flexibility index (Phi) is 3.90. The summed E-state index contributed by atoms with van der Waals surface area (Å²) in [5, 5.41) is 23.6. The molecule has 0 unspecified atom stereocenters. The third kappa shape index (κ3) is 3.25. The van der Waals surface area contributed by atoms with Crippen molar-refractivity contribution < 1.29 is 19.7 Å². The Morgan fingerprint density at radius 3 is 2.55 bits per heavy atom. The monoisotopic (exact) mass is 390 g/mol. The molecule has 8 nitrogen and oxygen atoms in total. The molecule has 1 aromatic carbocycles. The van der Waals surface area contributed by atoms with Crippen LogP contribution in [0.5, 0.6) is 23.3 Å². The molecular weight excluding hydrogens is 372 g/mol. The van der Waals surface area contributed by atoms with Gasteiger partial charge >= 0.3 is 6.03 Å². The van der Waals surface area contributed by atoms with Crippen LogP contribution in [0.4, 0.5) is 4.79 Å². The van der Waals surface area contributed by atoms with E-state index in [1.54, 1.807) is 29.0 Å². The largest absolute Gasteiger partial charge is 0.494 e. The molecule has 5 rings (SSSR count). The average molecular weight is 390 g/mol. The fourth-order valence-electron chi connectivity index (χ4n) is 3.20. The highest BCUT2D eigenvalue weighted by atomic mass is 16.5. The Labute approximate surface area is 165 Å². The smallest absolute Gasteiger partial charge is 0.326 e. The lowest BCUT2D eigenvalue weighted by atomic mass is 10.2. The number of benzene rings is 1. The van der Waals surface area contributed by atoms with Crippen molar-refractivity contribution in [3.8, 4) is 29.1 Å². The van der Waals surface area contributed by atoms with Crippen molar-refractivity contribution in [1.82, 2.24) is 19.4 Å². The fourth-order valence-corrected chi connectivity index (χ4v) is 3.20. The minimum Gasteiger partial charge on any atom is -0.494 e. The van der Waals surface area contributed by atoms with Crippen LogP contribution in [0, 0.1) is 0 Å². The van der Waals surface area contributed by atoms with E-state index in [1.807, 2.05) is 18.2 Å². The molecular formula is C21H18N4O4. The lowest BCUT2D eigenvalue weighted by Gasteiger charge is -2.10. The number of rotatable bonds is 4. The van der Waals surface area contributed by atoms with Gasteiger partial charge in [0.15, 0.2) is 11.8 Å². The first-order valence-electron chi connectivity index (χ1n) is 9.24. The van der Waals surface area contributed by atoms with Crippen LogP contribution < -0.4 is 10.1 Å². The van der Waals surface area contributed by atoms with Gasteiger partial charge in [-0.2, -0.15) is 0 Å². The number of hydrogen-bond acceptors (Lipinski definition) is 5. The first-order chi connectivity index (χ1) is 14.1. The molecule has 0 bridgehead atoms. The van der Waals surface area contributed by atoms with Crippen LogP contribution in [0.2, 0.25) is 0 Å². The second-order valence-electron chi connectivity index (χ2n) is 6.97. The van der Waals surface area contributed by atoms with Gasteiger partial charge in [-0.15, -0.1) is 0 Å². The summed E-state index contributed by atoms with van der Waals surface area (Å²) >= 11 is 0. The van der Waals surface area contributed by atoms with Gasteiger partial charge in [0.25, 0.3) is 0 Å². The van der Waals surface area contributed by atoms with Crippen molar-refractivity contribution >= 4 is 16.9 Å². The predicted molar refractivity (Wildman–Crippen MR) is 106 cm³/mol. The minimum absolute atomic E-state index is 0.124. The van der Waals surface area contributed by atoms with Crippen LogP contribution in [-0.4, -0.2) is 36.4 Å². The Balaban J connectivity index is 1.41. The highest BCUT2D eigenvalue weighted by molar-refractivity contribution is 5.92. The van der Waals surface area contributed by atoms with Crippen LogP contribution in [-0.2, 0) is 0 Å². The van der Waals surface area contributed by atoms with Gasteiger partial charge in [0.05, 0.1) is 5.52 Å². The number of aromatic nitrogens is 3. The van der Waals surface area contributed by atoms with E-state index in [-0.39, 0.29) is 17.8 Å². The highest BCUT2D eigenvalue weighted by Crippen LogP contribution is 2.30. The van der Waals surface area contributed by atoms with Gasteiger partial charge < -0.3 is 20.3 Å². The van der Waals surface area contributed by atoms with Gasteiger partial charge in [0, 0.05) is 42.0 Å². The summed E-state index contributed by atoms with van der Waals surface area (Å²) < 4.78 is 8.72. The molecule has 0 spiro atoms. The lowest BCUT2D eigenvalue weighted by Crippen LogP contribution is -2.29. The number of pyridine rings is 1. The predicted octanol–water partition coefficient (Wildman–Crippen LogP) is 3.75. The SMILES string of the molecule is O=C(NC1CC1)n1ccc2cc(Oc3ccnc(-n4c(O)ccc4O)c3)ccc21. The molecule has 0 saturated heterocycles. The van der Waals surface area contributed by atoms with Crippen LogP contribution in [0.3, 0.4) is 0 Å². The van der Waals surface area contributed by atoms with Gasteiger partial charge in [-0.3, -0.25) is 4.57 Å². The molecule has 8 heteroatoms. The summed E-state index contributed by atoms with van der Waals surface area (Å²) in [7, 11) is 0. The summed E-state index contributed by atoms with van der Waals surface area (Å²) in [4.78, 5) is 16.5. The Morgan fingerprint density at radius 1 is 1.03 bits per heavy atom. The molecule has 3 heterocycles. The molecule has 0 aliphatic heterocycles. The molecule has 29 heavy (non-hydrogen) atoms. The molecule has 1 amide bonds. The number of carbonyl (C=O) groups is 1. The maximum atomic E-state index is 12.3. The van der Waals surface area contributed by atoms with Gasteiger partial charge in [0.2, 0.25) is 0 Å². The summed E-state index contributed by atoms with van der Waals surface area (Å²) in [5.74, 6) is 1.16. The van der Waals surface area contributed by atoms with Crippen LogP contribution in [0.1, 0.15) is 12.8 Å². The molecule has 146 valence electrons. The van der Waals surface area contributed by atoms with Crippen molar-refractivity contribution in [1.29, 1.82) is 0 Å². The summed E-state index contributed by atoms with van der Waals surface area (Å²) in [6, 6.07) is 13.5. The first kappa shape index (κ1) is 17.2. The normalized spacial score (nSPS) is 13.5. The molecule has 3 aromatic heterocycles. The van der Waals surface area contributed by atoms with Gasteiger partial charge in [-0.25, -0.2) is 14.3 Å². The Morgan fingerprint density at radius 2 is 1.79 bits per heavy atom. The van der Waals surface area contributed by atoms with Crippen molar-refractivity contribution in [3.05, 3.63) is 60.9 Å². The maximum Gasteiger partial charge on any atom is 0.326 e. The van der Waals surface area contributed by atoms with Crippen molar-refractivity contribution in [2.45, 2.75) is 18.9 Å². The molecule has 1 fully saturated rings. The summed E-state index contributed by atoms with van der Waals surface area (Å²) in [6.45, 7) is 0. The number of nitrogens with zero attached hydrogens (tertiary/aromatic N) is 3. The molecule has 1 aliphatic carbocycles. The van der Waals surface area contributed by atoms with Crippen LogP contribution >= 0.6 is 0 Å². The van der Waals surface area contributed by atoms with E-state index in [4.69, 9.17) is 4.74 Å². The topological polar surface area (TPSA) is 102 Å². The van der Waals surface area contributed by atoms with Gasteiger partial charge in [0.1, 0.15) is 17.3 Å². The second kappa shape index (κ2) is 6.59. The van der Waals surface area contributed by atoms with Gasteiger partial charge in [-0.1, -0.05) is 0 Å². The van der Waals surface area contributed by atoms with E-state index in [2.05, 4.69) is 10.3 Å². The van der Waals surface area contributed by atoms with Gasteiger partial charge in [-0.05, 0) is 43.2 Å². The lowest BCUT2D eigenvalue weighted by molar-refractivity contribution is 0.243. The van der Waals surface area contributed by atoms with E-state index < -0.39 is 0 Å². The minimum atomic E-state index is -0.126. The molecule has 1 aliphatic rings. The second-order valence-corrected chi connectivity index (χ2v) is 6.97. The van der Waals surface area contributed by atoms with Crippen LogP contribution in [0.25, 0.3) is 16.7 Å². The molecule has 3 N–H and O–H groups in total. The molecule has 0 atom stereocenters.